The number of aromatic nitrogens is 3. The molecule has 6 heteroatoms. The van der Waals surface area contributed by atoms with E-state index in [-0.39, 0.29) is 5.82 Å². The van der Waals surface area contributed by atoms with E-state index in [9.17, 15) is 4.39 Å². The average Bonchev–Trinajstić information content (AvgIpc) is 3.09. The number of hydrogen-bond donors (Lipinski definition) is 1. The number of rotatable bonds is 2. The van der Waals surface area contributed by atoms with Gasteiger partial charge in [-0.15, -0.1) is 0 Å². The van der Waals surface area contributed by atoms with Gasteiger partial charge in [0, 0.05) is 31.2 Å². The third kappa shape index (κ3) is 2.47. The zero-order valence-corrected chi connectivity index (χ0v) is 12.5. The Morgan fingerprint density at radius 3 is 2.95 bits per heavy atom. The minimum atomic E-state index is -0.182. The van der Waals surface area contributed by atoms with Crippen molar-refractivity contribution < 1.29 is 4.39 Å². The second-order valence-electron chi connectivity index (χ2n) is 6.13. The molecule has 0 aliphatic carbocycles. The topological polar surface area (TPSA) is 48.1 Å². The first-order valence-electron chi connectivity index (χ1n) is 7.95. The molecule has 1 unspecified atom stereocenters. The van der Waals surface area contributed by atoms with Crippen LogP contribution in [0.1, 0.15) is 19.3 Å². The van der Waals surface area contributed by atoms with Crippen molar-refractivity contribution in [2.24, 2.45) is 0 Å². The molecule has 1 aromatic heterocycles. The van der Waals surface area contributed by atoms with Gasteiger partial charge in [-0.1, -0.05) is 6.42 Å². The minimum absolute atomic E-state index is 0.182. The predicted octanol–water partition coefficient (Wildman–Crippen LogP) is 2.29. The molecule has 3 heterocycles. The quantitative estimate of drug-likeness (QED) is 0.924. The molecule has 22 heavy (non-hydrogen) atoms. The number of aromatic amines is 1. The summed E-state index contributed by atoms with van der Waals surface area (Å²) in [6.45, 7) is 4.06. The second kappa shape index (κ2) is 5.68. The number of H-pyrrole nitrogens is 1. The van der Waals surface area contributed by atoms with E-state index in [2.05, 4.69) is 25.0 Å². The molecule has 2 aliphatic heterocycles. The van der Waals surface area contributed by atoms with Gasteiger partial charge < -0.3 is 4.90 Å². The molecule has 2 fully saturated rings. The lowest BCUT2D eigenvalue weighted by molar-refractivity contribution is 0.133. The van der Waals surface area contributed by atoms with Crippen LogP contribution in [0.25, 0.3) is 11.4 Å². The summed E-state index contributed by atoms with van der Waals surface area (Å²) in [6, 6.07) is 5.90. The van der Waals surface area contributed by atoms with E-state index >= 15 is 0 Å². The van der Waals surface area contributed by atoms with Crippen LogP contribution in [0.15, 0.2) is 24.5 Å². The van der Waals surface area contributed by atoms with Crippen molar-refractivity contribution in [1.29, 1.82) is 0 Å². The van der Waals surface area contributed by atoms with Gasteiger partial charge in [-0.25, -0.2) is 9.37 Å². The summed E-state index contributed by atoms with van der Waals surface area (Å²) in [7, 11) is 0. The van der Waals surface area contributed by atoms with Crippen LogP contribution < -0.4 is 4.90 Å². The first-order valence-corrected chi connectivity index (χ1v) is 7.95. The summed E-state index contributed by atoms with van der Waals surface area (Å²) < 4.78 is 14.5. The molecule has 0 bridgehead atoms. The van der Waals surface area contributed by atoms with Crippen LogP contribution in [0.4, 0.5) is 10.1 Å². The van der Waals surface area contributed by atoms with E-state index in [1.165, 1.54) is 32.1 Å². The van der Waals surface area contributed by atoms with Crippen LogP contribution in [0.2, 0.25) is 0 Å². The molecule has 0 spiro atoms. The second-order valence-corrected chi connectivity index (χ2v) is 6.13. The van der Waals surface area contributed by atoms with E-state index in [0.717, 1.165) is 25.2 Å². The van der Waals surface area contributed by atoms with Crippen molar-refractivity contribution in [3.05, 3.63) is 30.3 Å². The minimum Gasteiger partial charge on any atom is -0.366 e. The molecular weight excluding hydrogens is 281 g/mol. The number of anilines is 1. The zero-order valence-electron chi connectivity index (χ0n) is 12.5. The molecule has 116 valence electrons. The zero-order chi connectivity index (χ0) is 14.9. The molecular formula is C16H20FN5. The number of halogens is 1. The van der Waals surface area contributed by atoms with E-state index < -0.39 is 0 Å². The van der Waals surface area contributed by atoms with Crippen molar-refractivity contribution in [3.63, 3.8) is 0 Å². The van der Waals surface area contributed by atoms with Gasteiger partial charge >= 0.3 is 0 Å². The Morgan fingerprint density at radius 1 is 1.18 bits per heavy atom. The Balaban J connectivity index is 1.55. The highest BCUT2D eigenvalue weighted by atomic mass is 19.1. The first-order chi connectivity index (χ1) is 10.8. The van der Waals surface area contributed by atoms with Gasteiger partial charge in [-0.3, -0.25) is 10.00 Å². The maximum Gasteiger partial charge on any atom is 0.155 e. The first kappa shape index (κ1) is 13.7. The summed E-state index contributed by atoms with van der Waals surface area (Å²) in [5.74, 6) is 0.417. The molecule has 0 radical (unpaired) electrons. The summed E-state index contributed by atoms with van der Waals surface area (Å²) in [4.78, 5) is 8.81. The average molecular weight is 301 g/mol. The molecule has 2 aliphatic rings. The standard InChI is InChI=1S/C16H20FN5/c17-14-9-12(16-18-11-19-20-16)4-5-15(14)22-8-7-21-6-2-1-3-13(21)10-22/h4-5,9,11,13H,1-3,6-8,10H2,(H,18,19,20). The molecule has 1 atom stereocenters. The Kier molecular flexibility index (Phi) is 3.54. The van der Waals surface area contributed by atoms with Gasteiger partial charge in [-0.2, -0.15) is 5.10 Å². The smallest absolute Gasteiger partial charge is 0.155 e. The predicted molar refractivity (Wildman–Crippen MR) is 83.2 cm³/mol. The van der Waals surface area contributed by atoms with Crippen LogP contribution in [-0.2, 0) is 0 Å². The Bertz CT molecular complexity index is 642. The number of piperazine rings is 1. The van der Waals surface area contributed by atoms with E-state index in [4.69, 9.17) is 0 Å². The summed E-state index contributed by atoms with van der Waals surface area (Å²) >= 11 is 0. The summed E-state index contributed by atoms with van der Waals surface area (Å²) in [6.07, 6.45) is 5.26. The highest BCUT2D eigenvalue weighted by molar-refractivity contribution is 5.61. The molecule has 2 aromatic rings. The molecule has 5 nitrogen and oxygen atoms in total. The van der Waals surface area contributed by atoms with Gasteiger partial charge in [-0.05, 0) is 37.6 Å². The van der Waals surface area contributed by atoms with Gasteiger partial charge in [0.15, 0.2) is 5.82 Å². The Hall–Kier alpha value is -1.95. The highest BCUT2D eigenvalue weighted by Crippen LogP contribution is 2.28. The number of piperidine rings is 1. The lowest BCUT2D eigenvalue weighted by Crippen LogP contribution is -2.55. The van der Waals surface area contributed by atoms with Crippen molar-refractivity contribution in [3.8, 4) is 11.4 Å². The monoisotopic (exact) mass is 301 g/mol. The fourth-order valence-corrected chi connectivity index (χ4v) is 3.63. The maximum absolute atomic E-state index is 14.5. The molecule has 2 saturated heterocycles. The van der Waals surface area contributed by atoms with Crippen LogP contribution in [0, 0.1) is 5.82 Å². The van der Waals surface area contributed by atoms with Crippen molar-refractivity contribution in [1.82, 2.24) is 20.1 Å². The number of nitrogens with zero attached hydrogens (tertiary/aromatic N) is 4. The molecule has 0 amide bonds. The summed E-state index contributed by atoms with van der Waals surface area (Å²) in [5, 5.41) is 6.58. The van der Waals surface area contributed by atoms with Gasteiger partial charge in [0.2, 0.25) is 0 Å². The van der Waals surface area contributed by atoms with Crippen molar-refractivity contribution in [2.75, 3.05) is 31.1 Å². The highest BCUT2D eigenvalue weighted by Gasteiger charge is 2.29. The normalized spacial score (nSPS) is 22.6. The SMILES string of the molecule is Fc1cc(-c2ncn[nH]2)ccc1N1CCN2CCCCC2C1. The molecule has 4 rings (SSSR count). The number of fused-ring (bicyclic) bond motifs is 1. The van der Waals surface area contributed by atoms with Crippen molar-refractivity contribution >= 4 is 5.69 Å². The third-order valence-electron chi connectivity index (χ3n) is 4.81. The maximum atomic E-state index is 14.5. The largest absolute Gasteiger partial charge is 0.366 e. The number of benzene rings is 1. The molecule has 1 aromatic carbocycles. The van der Waals surface area contributed by atoms with Crippen LogP contribution in [0.5, 0.6) is 0 Å². The van der Waals surface area contributed by atoms with E-state index in [1.54, 1.807) is 6.07 Å². The number of nitrogens with one attached hydrogen (secondary N) is 1. The Labute approximate surface area is 129 Å². The van der Waals surface area contributed by atoms with Crippen LogP contribution >= 0.6 is 0 Å². The fourth-order valence-electron chi connectivity index (χ4n) is 3.63. The fraction of sp³-hybridized carbons (Fsp3) is 0.500. The molecule has 0 saturated carbocycles. The lowest BCUT2D eigenvalue weighted by atomic mass is 9.99. The summed E-state index contributed by atoms with van der Waals surface area (Å²) in [5.41, 5.74) is 1.43. The van der Waals surface area contributed by atoms with E-state index in [0.29, 0.717) is 17.6 Å². The van der Waals surface area contributed by atoms with Crippen molar-refractivity contribution in [2.45, 2.75) is 25.3 Å². The number of hydrogen-bond acceptors (Lipinski definition) is 4. The van der Waals surface area contributed by atoms with E-state index in [1.807, 2.05) is 12.1 Å². The molecule has 1 N–H and O–H groups in total. The van der Waals surface area contributed by atoms with Crippen LogP contribution in [-0.4, -0.2) is 52.3 Å². The van der Waals surface area contributed by atoms with Crippen LogP contribution in [0.3, 0.4) is 0 Å². The van der Waals surface area contributed by atoms with Gasteiger partial charge in [0.05, 0.1) is 5.69 Å². The van der Waals surface area contributed by atoms with Gasteiger partial charge in [0.1, 0.15) is 12.1 Å². The lowest BCUT2D eigenvalue weighted by Gasteiger charge is -2.45. The van der Waals surface area contributed by atoms with Gasteiger partial charge in [0.25, 0.3) is 0 Å². The third-order valence-corrected chi connectivity index (χ3v) is 4.81. The Morgan fingerprint density at radius 2 is 2.14 bits per heavy atom.